The van der Waals surface area contributed by atoms with E-state index in [-0.39, 0.29) is 30.2 Å². The van der Waals surface area contributed by atoms with Gasteiger partial charge < -0.3 is 10.2 Å². The number of hydrogen-bond donors (Lipinski definition) is 1. The molecule has 166 valence electrons. The van der Waals surface area contributed by atoms with Crippen LogP contribution in [-0.2, 0) is 22.2 Å². The fourth-order valence-electron chi connectivity index (χ4n) is 3.65. The molecule has 0 unspecified atom stereocenters. The second-order valence-corrected chi connectivity index (χ2v) is 7.54. The smallest absolute Gasteiger partial charge is 0.342 e. The third-order valence-electron chi connectivity index (χ3n) is 5.35. The zero-order chi connectivity index (χ0) is 22.7. The molecule has 2 aromatic carbocycles. The SMILES string of the molecule is O=C(Nc1cc(C(F)(F)F)ccc1-n1cncn1)[C@@H]1CC(=O)N(CCc2ccccc2)C1. The van der Waals surface area contributed by atoms with E-state index in [9.17, 15) is 22.8 Å². The van der Waals surface area contributed by atoms with Gasteiger partial charge in [-0.25, -0.2) is 9.67 Å². The summed E-state index contributed by atoms with van der Waals surface area (Å²) in [5, 5.41) is 6.49. The molecule has 0 bridgehead atoms. The van der Waals surface area contributed by atoms with Gasteiger partial charge in [0.2, 0.25) is 11.8 Å². The highest BCUT2D eigenvalue weighted by atomic mass is 19.4. The number of alkyl halides is 3. The largest absolute Gasteiger partial charge is 0.416 e. The number of nitrogens with one attached hydrogen (secondary N) is 1. The van der Waals surface area contributed by atoms with Crippen LogP contribution in [-0.4, -0.2) is 44.6 Å². The van der Waals surface area contributed by atoms with Crippen molar-refractivity contribution in [3.05, 3.63) is 72.3 Å². The van der Waals surface area contributed by atoms with E-state index in [0.717, 1.165) is 17.7 Å². The molecule has 7 nitrogen and oxygen atoms in total. The maximum Gasteiger partial charge on any atom is 0.416 e. The van der Waals surface area contributed by atoms with Crippen LogP contribution in [0.3, 0.4) is 0 Å². The van der Waals surface area contributed by atoms with Gasteiger partial charge in [0.05, 0.1) is 22.9 Å². The summed E-state index contributed by atoms with van der Waals surface area (Å²) in [4.78, 5) is 30.6. The molecule has 2 amide bonds. The van der Waals surface area contributed by atoms with Gasteiger partial charge in [0.25, 0.3) is 0 Å². The molecule has 1 aliphatic rings. The van der Waals surface area contributed by atoms with Gasteiger partial charge in [-0.15, -0.1) is 0 Å². The summed E-state index contributed by atoms with van der Waals surface area (Å²) in [5.74, 6) is -1.32. The lowest BCUT2D eigenvalue weighted by molar-refractivity contribution is -0.137. The summed E-state index contributed by atoms with van der Waals surface area (Å²) in [5.41, 5.74) is 0.373. The zero-order valence-corrected chi connectivity index (χ0v) is 16.9. The third-order valence-corrected chi connectivity index (χ3v) is 5.35. The Labute approximate surface area is 181 Å². The summed E-state index contributed by atoms with van der Waals surface area (Å²) in [7, 11) is 0. The first kappa shape index (κ1) is 21.5. The highest BCUT2D eigenvalue weighted by Crippen LogP contribution is 2.33. The van der Waals surface area contributed by atoms with Crippen molar-refractivity contribution in [2.75, 3.05) is 18.4 Å². The summed E-state index contributed by atoms with van der Waals surface area (Å²) in [6, 6.07) is 12.7. The van der Waals surface area contributed by atoms with Crippen molar-refractivity contribution in [3.63, 3.8) is 0 Å². The first-order chi connectivity index (χ1) is 15.3. The maximum atomic E-state index is 13.2. The number of carbonyl (C=O) groups is 2. The van der Waals surface area contributed by atoms with Crippen LogP contribution in [0.25, 0.3) is 5.69 Å². The second kappa shape index (κ2) is 8.81. The average molecular weight is 443 g/mol. The Morgan fingerprint density at radius 3 is 2.62 bits per heavy atom. The lowest BCUT2D eigenvalue weighted by Crippen LogP contribution is -2.30. The van der Waals surface area contributed by atoms with Gasteiger partial charge in [-0.05, 0) is 30.2 Å². The van der Waals surface area contributed by atoms with Crippen molar-refractivity contribution in [2.45, 2.75) is 19.0 Å². The Balaban J connectivity index is 1.48. The molecule has 0 radical (unpaired) electrons. The van der Waals surface area contributed by atoms with Crippen molar-refractivity contribution in [3.8, 4) is 5.69 Å². The quantitative estimate of drug-likeness (QED) is 0.634. The Bertz CT molecular complexity index is 1100. The molecule has 3 aromatic rings. The molecule has 4 rings (SSSR count). The summed E-state index contributed by atoms with van der Waals surface area (Å²) in [6.45, 7) is 0.690. The van der Waals surface area contributed by atoms with Crippen molar-refractivity contribution in [1.82, 2.24) is 19.7 Å². The number of rotatable bonds is 6. The Kier molecular flexibility index (Phi) is 5.93. The fraction of sp³-hybridized carbons (Fsp3) is 0.273. The van der Waals surface area contributed by atoms with Crippen LogP contribution in [0.5, 0.6) is 0 Å². The normalized spacial score (nSPS) is 16.4. The van der Waals surface area contributed by atoms with Crippen molar-refractivity contribution in [1.29, 1.82) is 0 Å². The van der Waals surface area contributed by atoms with Gasteiger partial charge in [0, 0.05) is 19.5 Å². The number of carbonyl (C=O) groups excluding carboxylic acids is 2. The van der Waals surface area contributed by atoms with Gasteiger partial charge in [0.15, 0.2) is 0 Å². The minimum atomic E-state index is -4.57. The predicted octanol–water partition coefficient (Wildman–Crippen LogP) is 3.32. The van der Waals surface area contributed by atoms with Gasteiger partial charge >= 0.3 is 6.18 Å². The van der Waals surface area contributed by atoms with E-state index in [4.69, 9.17) is 0 Å². The van der Waals surface area contributed by atoms with Gasteiger partial charge in [-0.3, -0.25) is 9.59 Å². The van der Waals surface area contributed by atoms with E-state index in [2.05, 4.69) is 15.4 Å². The van der Waals surface area contributed by atoms with Crippen molar-refractivity contribution >= 4 is 17.5 Å². The zero-order valence-electron chi connectivity index (χ0n) is 16.9. The molecule has 0 saturated carbocycles. The molecule has 0 spiro atoms. The highest BCUT2D eigenvalue weighted by Gasteiger charge is 2.35. The predicted molar refractivity (Wildman–Crippen MR) is 110 cm³/mol. The number of hydrogen-bond acceptors (Lipinski definition) is 4. The Morgan fingerprint density at radius 1 is 1.16 bits per heavy atom. The first-order valence-corrected chi connectivity index (χ1v) is 10.00. The monoisotopic (exact) mass is 443 g/mol. The Morgan fingerprint density at radius 2 is 1.94 bits per heavy atom. The second-order valence-electron chi connectivity index (χ2n) is 7.54. The van der Waals surface area contributed by atoms with E-state index in [0.29, 0.717) is 13.0 Å². The molecule has 1 aliphatic heterocycles. The number of benzene rings is 2. The van der Waals surface area contributed by atoms with Crippen molar-refractivity contribution < 1.29 is 22.8 Å². The molecule has 1 fully saturated rings. The van der Waals surface area contributed by atoms with Gasteiger partial charge in [-0.1, -0.05) is 30.3 Å². The number of amides is 2. The van der Waals surface area contributed by atoms with Crippen LogP contribution >= 0.6 is 0 Å². The standard InChI is InChI=1S/C22H20F3N5O2/c23-22(24,25)17-6-7-19(30-14-26-13-27-30)18(11-17)28-21(32)16-10-20(31)29(12-16)9-8-15-4-2-1-3-5-15/h1-7,11,13-14,16H,8-10,12H2,(H,28,32)/t16-/m1/s1. The molecule has 2 heterocycles. The third kappa shape index (κ3) is 4.79. The van der Waals surface area contributed by atoms with Crippen LogP contribution < -0.4 is 5.32 Å². The maximum absolute atomic E-state index is 13.2. The lowest BCUT2D eigenvalue weighted by Gasteiger charge is -2.18. The molecule has 10 heteroatoms. The number of halogens is 3. The number of anilines is 1. The van der Waals surface area contributed by atoms with E-state index in [1.165, 1.54) is 23.4 Å². The van der Waals surface area contributed by atoms with E-state index in [1.54, 1.807) is 4.90 Å². The molecular weight excluding hydrogens is 423 g/mol. The minimum absolute atomic E-state index is 0.0121. The topological polar surface area (TPSA) is 80.1 Å². The fourth-order valence-corrected chi connectivity index (χ4v) is 3.65. The molecule has 1 aromatic heterocycles. The Hall–Kier alpha value is -3.69. The number of nitrogens with zero attached hydrogens (tertiary/aromatic N) is 4. The van der Waals surface area contributed by atoms with Crippen LogP contribution in [0.4, 0.5) is 18.9 Å². The van der Waals surface area contributed by atoms with E-state index < -0.39 is 23.6 Å². The van der Waals surface area contributed by atoms with Crippen LogP contribution in [0.1, 0.15) is 17.5 Å². The van der Waals surface area contributed by atoms with Gasteiger partial charge in [0.1, 0.15) is 12.7 Å². The molecule has 32 heavy (non-hydrogen) atoms. The van der Waals surface area contributed by atoms with Crippen LogP contribution in [0.2, 0.25) is 0 Å². The summed E-state index contributed by atoms with van der Waals surface area (Å²) >= 11 is 0. The summed E-state index contributed by atoms with van der Waals surface area (Å²) < 4.78 is 40.9. The first-order valence-electron chi connectivity index (χ1n) is 10.00. The van der Waals surface area contributed by atoms with Crippen molar-refractivity contribution in [2.24, 2.45) is 5.92 Å². The molecule has 1 atom stereocenters. The molecule has 0 aliphatic carbocycles. The number of aromatic nitrogens is 3. The molecule has 1 saturated heterocycles. The average Bonchev–Trinajstić information content (AvgIpc) is 3.42. The lowest BCUT2D eigenvalue weighted by atomic mass is 10.1. The van der Waals surface area contributed by atoms with Gasteiger partial charge in [-0.2, -0.15) is 18.3 Å². The summed E-state index contributed by atoms with van der Waals surface area (Å²) in [6.07, 6.45) is -1.34. The van der Waals surface area contributed by atoms with E-state index >= 15 is 0 Å². The molecular formula is C22H20F3N5O2. The van der Waals surface area contributed by atoms with E-state index in [1.807, 2.05) is 30.3 Å². The minimum Gasteiger partial charge on any atom is -0.342 e. The number of likely N-dealkylation sites (tertiary alicyclic amines) is 1. The highest BCUT2D eigenvalue weighted by molar-refractivity contribution is 5.98. The van der Waals surface area contributed by atoms with Crippen LogP contribution in [0.15, 0.2) is 61.2 Å². The molecule has 1 N–H and O–H groups in total. The van der Waals surface area contributed by atoms with Crippen LogP contribution in [0, 0.1) is 5.92 Å².